The van der Waals surface area contributed by atoms with E-state index in [2.05, 4.69) is 4.98 Å². The van der Waals surface area contributed by atoms with E-state index < -0.39 is 5.76 Å². The molecule has 1 aliphatic carbocycles. The van der Waals surface area contributed by atoms with Gasteiger partial charge in [0.2, 0.25) is 0 Å². The van der Waals surface area contributed by atoms with Gasteiger partial charge in [0.15, 0.2) is 11.4 Å². The number of carbonyl (C=O) groups is 2. The van der Waals surface area contributed by atoms with Gasteiger partial charge in [0.1, 0.15) is 0 Å². The van der Waals surface area contributed by atoms with E-state index in [1.54, 1.807) is 26.0 Å². The molecule has 1 aromatic heterocycles. The highest BCUT2D eigenvalue weighted by atomic mass is 16.5. The van der Waals surface area contributed by atoms with Crippen LogP contribution < -0.4 is 5.76 Å². The maximum Gasteiger partial charge on any atom is 0.417 e. The molecule has 0 aliphatic heterocycles. The molecule has 0 bridgehead atoms. The van der Waals surface area contributed by atoms with Crippen LogP contribution >= 0.6 is 0 Å². The molecule has 1 unspecified atom stereocenters. The van der Waals surface area contributed by atoms with Gasteiger partial charge in [0.05, 0.1) is 18.0 Å². The topological polar surface area (TPSA) is 89.4 Å². The molecular formula is C15H15NO5. The number of aryl methyl sites for hydroxylation is 1. The molecule has 6 nitrogen and oxygen atoms in total. The fourth-order valence-electron chi connectivity index (χ4n) is 2.57. The number of fused-ring (bicyclic) bond motifs is 1. The SMILES string of the molecule is CCOC(=O)[C@H]1CC1C(=O)c1cc(C)c2[nH]c(=O)oc2c1. The van der Waals surface area contributed by atoms with Crippen molar-refractivity contribution in [2.24, 2.45) is 11.8 Å². The molecule has 1 saturated carbocycles. The number of benzene rings is 1. The number of esters is 1. The van der Waals surface area contributed by atoms with Gasteiger partial charge in [-0.15, -0.1) is 0 Å². The first-order chi connectivity index (χ1) is 10.0. The summed E-state index contributed by atoms with van der Waals surface area (Å²) in [4.78, 5) is 37.8. The fraction of sp³-hybridized carbons (Fsp3) is 0.400. The molecule has 0 radical (unpaired) electrons. The van der Waals surface area contributed by atoms with Gasteiger partial charge in [-0.2, -0.15) is 0 Å². The molecule has 110 valence electrons. The van der Waals surface area contributed by atoms with Crippen molar-refractivity contribution in [1.82, 2.24) is 4.98 Å². The predicted octanol–water partition coefficient (Wildman–Crippen LogP) is 1.81. The van der Waals surface area contributed by atoms with Crippen molar-refractivity contribution in [1.29, 1.82) is 0 Å². The lowest BCUT2D eigenvalue weighted by molar-refractivity contribution is -0.144. The molecule has 1 N–H and O–H groups in total. The lowest BCUT2D eigenvalue weighted by atomic mass is 10.0. The predicted molar refractivity (Wildman–Crippen MR) is 74.1 cm³/mol. The van der Waals surface area contributed by atoms with Gasteiger partial charge < -0.3 is 9.15 Å². The fourth-order valence-corrected chi connectivity index (χ4v) is 2.57. The summed E-state index contributed by atoms with van der Waals surface area (Å²) in [6, 6.07) is 3.25. The zero-order valence-corrected chi connectivity index (χ0v) is 11.8. The molecule has 0 spiro atoms. The Balaban J connectivity index is 1.86. The van der Waals surface area contributed by atoms with Gasteiger partial charge in [-0.1, -0.05) is 0 Å². The molecule has 2 aromatic rings. The Hall–Kier alpha value is -2.37. The Labute approximate surface area is 120 Å². The molecule has 0 amide bonds. The van der Waals surface area contributed by atoms with E-state index in [1.807, 2.05) is 0 Å². The van der Waals surface area contributed by atoms with E-state index >= 15 is 0 Å². The van der Waals surface area contributed by atoms with E-state index in [1.165, 1.54) is 0 Å². The van der Waals surface area contributed by atoms with E-state index in [0.29, 0.717) is 29.7 Å². The minimum Gasteiger partial charge on any atom is -0.466 e. The number of ether oxygens (including phenoxy) is 1. The highest BCUT2D eigenvalue weighted by molar-refractivity contribution is 6.04. The summed E-state index contributed by atoms with van der Waals surface area (Å²) < 4.78 is 9.92. The third-order valence-corrected chi connectivity index (χ3v) is 3.73. The van der Waals surface area contributed by atoms with Crippen molar-refractivity contribution < 1.29 is 18.7 Å². The zero-order chi connectivity index (χ0) is 15.1. The number of aromatic amines is 1. The van der Waals surface area contributed by atoms with Crippen molar-refractivity contribution in [3.05, 3.63) is 33.8 Å². The van der Waals surface area contributed by atoms with Crippen LogP contribution in [-0.2, 0) is 9.53 Å². The summed E-state index contributed by atoms with van der Waals surface area (Å²) in [7, 11) is 0. The number of Topliss-reactive ketones (excluding diaryl/α,β-unsaturated/α-hetero) is 1. The number of carbonyl (C=O) groups excluding carboxylic acids is 2. The summed E-state index contributed by atoms with van der Waals surface area (Å²) in [6.45, 7) is 3.85. The highest BCUT2D eigenvalue weighted by Crippen LogP contribution is 2.42. The Morgan fingerprint density at radius 3 is 2.86 bits per heavy atom. The smallest absolute Gasteiger partial charge is 0.417 e. The number of rotatable bonds is 4. The summed E-state index contributed by atoms with van der Waals surface area (Å²) in [6.07, 6.45) is 0.520. The number of H-pyrrole nitrogens is 1. The highest BCUT2D eigenvalue weighted by Gasteiger charge is 2.49. The normalized spacial score (nSPS) is 20.5. The molecule has 3 rings (SSSR count). The van der Waals surface area contributed by atoms with Crippen LogP contribution in [0.2, 0.25) is 0 Å². The van der Waals surface area contributed by atoms with Crippen LogP contribution in [0.25, 0.3) is 11.1 Å². The van der Waals surface area contributed by atoms with Crippen LogP contribution in [0.15, 0.2) is 21.3 Å². The van der Waals surface area contributed by atoms with E-state index in [4.69, 9.17) is 9.15 Å². The second kappa shape index (κ2) is 4.87. The molecule has 21 heavy (non-hydrogen) atoms. The van der Waals surface area contributed by atoms with Crippen molar-refractivity contribution >= 4 is 22.9 Å². The van der Waals surface area contributed by atoms with Crippen molar-refractivity contribution in [3.63, 3.8) is 0 Å². The average molecular weight is 289 g/mol. The minimum absolute atomic E-state index is 0.109. The van der Waals surface area contributed by atoms with E-state index in [0.717, 1.165) is 5.56 Å². The van der Waals surface area contributed by atoms with Crippen molar-refractivity contribution in [3.8, 4) is 0 Å². The molecular weight excluding hydrogens is 274 g/mol. The molecule has 2 atom stereocenters. The molecule has 1 fully saturated rings. The standard InChI is InChI=1S/C15H15NO5/c1-3-20-14(18)10-6-9(10)13(17)8-4-7(2)12-11(5-8)21-15(19)16-12/h4-5,9-10H,3,6H2,1-2H3,(H,16,19)/t9?,10-/m0/s1. The third kappa shape index (κ3) is 2.37. The van der Waals surface area contributed by atoms with Crippen LogP contribution in [0.5, 0.6) is 0 Å². The van der Waals surface area contributed by atoms with Gasteiger partial charge in [0.25, 0.3) is 0 Å². The lowest BCUT2D eigenvalue weighted by Gasteiger charge is -2.03. The Morgan fingerprint density at radius 1 is 1.38 bits per heavy atom. The first kappa shape index (κ1) is 13.6. The number of oxazole rings is 1. The van der Waals surface area contributed by atoms with Gasteiger partial charge in [0, 0.05) is 11.5 Å². The second-order valence-electron chi connectivity index (χ2n) is 5.25. The van der Waals surface area contributed by atoms with Crippen LogP contribution in [0.3, 0.4) is 0 Å². The number of hydrogen-bond donors (Lipinski definition) is 1. The quantitative estimate of drug-likeness (QED) is 0.685. The Morgan fingerprint density at radius 2 is 2.14 bits per heavy atom. The first-order valence-corrected chi connectivity index (χ1v) is 6.85. The first-order valence-electron chi connectivity index (χ1n) is 6.85. The third-order valence-electron chi connectivity index (χ3n) is 3.73. The number of aromatic nitrogens is 1. The second-order valence-corrected chi connectivity index (χ2v) is 5.25. The maximum absolute atomic E-state index is 12.4. The lowest BCUT2D eigenvalue weighted by Crippen LogP contribution is -2.12. The average Bonchev–Trinajstić information content (AvgIpc) is 3.14. The van der Waals surface area contributed by atoms with Crippen molar-refractivity contribution in [2.75, 3.05) is 6.61 Å². The van der Waals surface area contributed by atoms with Gasteiger partial charge in [-0.05, 0) is 38.0 Å². The number of nitrogens with one attached hydrogen (secondary N) is 1. The molecule has 1 heterocycles. The zero-order valence-electron chi connectivity index (χ0n) is 11.8. The van der Waals surface area contributed by atoms with E-state index in [9.17, 15) is 14.4 Å². The number of hydrogen-bond acceptors (Lipinski definition) is 5. The molecule has 0 saturated heterocycles. The van der Waals surface area contributed by atoms with Gasteiger partial charge >= 0.3 is 11.7 Å². The van der Waals surface area contributed by atoms with E-state index in [-0.39, 0.29) is 23.6 Å². The van der Waals surface area contributed by atoms with Gasteiger partial charge in [-0.3, -0.25) is 14.6 Å². The Bertz CT molecular complexity index is 785. The molecule has 1 aromatic carbocycles. The van der Waals surface area contributed by atoms with Gasteiger partial charge in [-0.25, -0.2) is 4.79 Å². The summed E-state index contributed by atoms with van der Waals surface area (Å²) in [5.74, 6) is -1.64. The largest absolute Gasteiger partial charge is 0.466 e. The summed E-state index contributed by atoms with van der Waals surface area (Å²) >= 11 is 0. The molecule has 6 heteroatoms. The minimum atomic E-state index is -0.548. The van der Waals surface area contributed by atoms with Crippen molar-refractivity contribution in [2.45, 2.75) is 20.3 Å². The maximum atomic E-state index is 12.4. The Kier molecular flexibility index (Phi) is 3.16. The summed E-state index contributed by atoms with van der Waals surface area (Å²) in [5.41, 5.74) is 2.17. The van der Waals surface area contributed by atoms with Crippen LogP contribution in [0.1, 0.15) is 29.3 Å². The monoisotopic (exact) mass is 289 g/mol. The van der Waals surface area contributed by atoms with Crippen LogP contribution in [0.4, 0.5) is 0 Å². The van der Waals surface area contributed by atoms with Crippen LogP contribution in [0, 0.1) is 18.8 Å². The molecule has 1 aliphatic rings. The summed E-state index contributed by atoms with van der Waals surface area (Å²) in [5, 5.41) is 0. The number of ketones is 1. The van der Waals surface area contributed by atoms with Crippen LogP contribution in [-0.4, -0.2) is 23.3 Å².